The number of aromatic nitrogens is 1. The highest BCUT2D eigenvalue weighted by molar-refractivity contribution is 6.04. The lowest BCUT2D eigenvalue weighted by atomic mass is 9.85. The van der Waals surface area contributed by atoms with Crippen LogP contribution in [0.1, 0.15) is 89.0 Å². The standard InChI is InChI=1S/C43H47N3/c1-28-14-11-15-29(2)40(28)44-30(3)38-18-13-19-39(46-38)31(4)45-41-36(32-20-24-34(25-21-32)42(5,6)7)16-12-17-37(41)33-22-26-35(27-23-33)43(8,9)10/h11-27H,1-10H3. The summed E-state index contributed by atoms with van der Waals surface area (Å²) < 4.78 is 0. The molecule has 3 heteroatoms. The first-order valence-electron chi connectivity index (χ1n) is 16.2. The van der Waals surface area contributed by atoms with E-state index in [2.05, 4.69) is 147 Å². The summed E-state index contributed by atoms with van der Waals surface area (Å²) in [7, 11) is 0. The number of para-hydroxylation sites is 2. The van der Waals surface area contributed by atoms with Crippen molar-refractivity contribution >= 4 is 22.8 Å². The third kappa shape index (κ3) is 7.26. The lowest BCUT2D eigenvalue weighted by Crippen LogP contribution is -2.10. The van der Waals surface area contributed by atoms with Gasteiger partial charge < -0.3 is 0 Å². The minimum absolute atomic E-state index is 0.0861. The van der Waals surface area contributed by atoms with Crippen molar-refractivity contribution in [3.8, 4) is 22.3 Å². The minimum atomic E-state index is 0.0861. The molecule has 0 fully saturated rings. The number of nitrogens with zero attached hydrogens (tertiary/aromatic N) is 3. The van der Waals surface area contributed by atoms with E-state index in [4.69, 9.17) is 15.0 Å². The highest BCUT2D eigenvalue weighted by atomic mass is 14.8. The molecule has 0 saturated carbocycles. The van der Waals surface area contributed by atoms with Gasteiger partial charge in [-0.2, -0.15) is 0 Å². The van der Waals surface area contributed by atoms with Crippen LogP contribution in [-0.2, 0) is 10.8 Å². The fourth-order valence-corrected chi connectivity index (χ4v) is 5.70. The van der Waals surface area contributed by atoms with Crippen molar-refractivity contribution in [2.45, 2.75) is 80.1 Å². The van der Waals surface area contributed by atoms with Gasteiger partial charge in [-0.05, 0) is 84.0 Å². The van der Waals surface area contributed by atoms with Crippen molar-refractivity contribution in [3.05, 3.63) is 137 Å². The monoisotopic (exact) mass is 605 g/mol. The molecule has 0 atom stereocenters. The number of aliphatic imine (C=N–C) groups is 2. The summed E-state index contributed by atoms with van der Waals surface area (Å²) in [6.07, 6.45) is 0. The summed E-state index contributed by atoms with van der Waals surface area (Å²) in [5, 5.41) is 0. The van der Waals surface area contributed by atoms with Crippen LogP contribution in [0.25, 0.3) is 22.3 Å². The molecule has 0 spiro atoms. The van der Waals surface area contributed by atoms with E-state index >= 15 is 0 Å². The molecular weight excluding hydrogens is 558 g/mol. The zero-order valence-electron chi connectivity index (χ0n) is 29.2. The van der Waals surface area contributed by atoms with E-state index in [0.717, 1.165) is 67.6 Å². The third-order valence-electron chi connectivity index (χ3n) is 8.65. The number of hydrogen-bond acceptors (Lipinski definition) is 3. The van der Waals surface area contributed by atoms with E-state index in [0.29, 0.717) is 0 Å². The Labute approximate surface area is 276 Å². The van der Waals surface area contributed by atoms with Gasteiger partial charge in [0, 0.05) is 11.1 Å². The Kier molecular flexibility index (Phi) is 9.26. The van der Waals surface area contributed by atoms with Crippen LogP contribution in [0.15, 0.2) is 113 Å². The topological polar surface area (TPSA) is 37.6 Å². The van der Waals surface area contributed by atoms with E-state index < -0.39 is 0 Å². The fraction of sp³-hybridized carbons (Fsp3) is 0.279. The second kappa shape index (κ2) is 13.0. The van der Waals surface area contributed by atoms with Crippen LogP contribution in [0.2, 0.25) is 0 Å². The normalized spacial score (nSPS) is 12.8. The molecule has 0 aliphatic carbocycles. The predicted octanol–water partition coefficient (Wildman–Crippen LogP) is 11.9. The quantitative estimate of drug-likeness (QED) is 0.177. The zero-order valence-corrected chi connectivity index (χ0v) is 29.2. The van der Waals surface area contributed by atoms with Gasteiger partial charge in [0.25, 0.3) is 0 Å². The zero-order chi connectivity index (χ0) is 33.2. The minimum Gasteiger partial charge on any atom is -0.251 e. The molecule has 1 heterocycles. The first kappa shape index (κ1) is 32.8. The number of pyridine rings is 1. The average Bonchev–Trinajstić information content (AvgIpc) is 3.02. The van der Waals surface area contributed by atoms with Crippen molar-refractivity contribution in [3.63, 3.8) is 0 Å². The van der Waals surface area contributed by atoms with Crippen LogP contribution in [0.4, 0.5) is 11.4 Å². The summed E-state index contributed by atoms with van der Waals surface area (Å²) in [6, 6.07) is 36.7. The first-order valence-corrected chi connectivity index (χ1v) is 16.2. The summed E-state index contributed by atoms with van der Waals surface area (Å²) in [6.45, 7) is 21.8. The second-order valence-corrected chi connectivity index (χ2v) is 14.4. The fourth-order valence-electron chi connectivity index (χ4n) is 5.70. The van der Waals surface area contributed by atoms with Gasteiger partial charge in [-0.3, -0.25) is 9.98 Å². The van der Waals surface area contributed by atoms with E-state index in [-0.39, 0.29) is 10.8 Å². The Morgan fingerprint density at radius 1 is 0.478 bits per heavy atom. The van der Waals surface area contributed by atoms with E-state index in [9.17, 15) is 0 Å². The molecule has 3 nitrogen and oxygen atoms in total. The summed E-state index contributed by atoms with van der Waals surface area (Å²) in [4.78, 5) is 15.4. The van der Waals surface area contributed by atoms with Crippen molar-refractivity contribution < 1.29 is 0 Å². The van der Waals surface area contributed by atoms with Crippen molar-refractivity contribution in [2.75, 3.05) is 0 Å². The molecule has 234 valence electrons. The lowest BCUT2D eigenvalue weighted by Gasteiger charge is -2.20. The van der Waals surface area contributed by atoms with Gasteiger partial charge in [0.1, 0.15) is 0 Å². The smallest absolute Gasteiger partial charge is 0.0849 e. The third-order valence-corrected chi connectivity index (χ3v) is 8.65. The van der Waals surface area contributed by atoms with Crippen molar-refractivity contribution in [1.82, 2.24) is 4.98 Å². The van der Waals surface area contributed by atoms with E-state index in [1.807, 2.05) is 25.1 Å². The van der Waals surface area contributed by atoms with Gasteiger partial charge in [0.15, 0.2) is 0 Å². The molecule has 46 heavy (non-hydrogen) atoms. The molecule has 0 radical (unpaired) electrons. The van der Waals surface area contributed by atoms with Crippen LogP contribution in [0.3, 0.4) is 0 Å². The molecular formula is C43H47N3. The molecule has 4 aromatic carbocycles. The molecule has 5 rings (SSSR count). The van der Waals surface area contributed by atoms with Crippen molar-refractivity contribution in [2.24, 2.45) is 9.98 Å². The Bertz CT molecular complexity index is 1810. The number of rotatable bonds is 6. The van der Waals surface area contributed by atoms with Crippen molar-refractivity contribution in [1.29, 1.82) is 0 Å². The predicted molar refractivity (Wildman–Crippen MR) is 199 cm³/mol. The summed E-state index contributed by atoms with van der Waals surface area (Å²) >= 11 is 0. The maximum atomic E-state index is 5.35. The second-order valence-electron chi connectivity index (χ2n) is 14.4. The highest BCUT2D eigenvalue weighted by Gasteiger charge is 2.18. The Morgan fingerprint density at radius 2 is 0.848 bits per heavy atom. The Hall–Kier alpha value is -4.63. The SMILES string of the molecule is CC(=Nc1c(C)cccc1C)c1cccc(C(C)=Nc2c(-c3ccc(C(C)(C)C)cc3)cccc2-c2ccc(C(C)(C)C)cc2)n1. The molecule has 0 N–H and O–H groups in total. The number of aryl methyl sites for hydroxylation is 2. The van der Waals surface area contributed by atoms with Gasteiger partial charge in [0.2, 0.25) is 0 Å². The van der Waals surface area contributed by atoms with Crippen LogP contribution in [0, 0.1) is 13.8 Å². The Balaban J connectivity index is 1.62. The molecule has 5 aromatic rings. The lowest BCUT2D eigenvalue weighted by molar-refractivity contribution is 0.590. The van der Waals surface area contributed by atoms with Crippen LogP contribution < -0.4 is 0 Å². The van der Waals surface area contributed by atoms with Gasteiger partial charge in [-0.15, -0.1) is 0 Å². The summed E-state index contributed by atoms with van der Waals surface area (Å²) in [5.41, 5.74) is 15.0. The first-order chi connectivity index (χ1) is 21.7. The molecule has 0 aliphatic heterocycles. The van der Waals surface area contributed by atoms with Gasteiger partial charge in [-0.1, -0.05) is 133 Å². The van der Waals surface area contributed by atoms with Crippen LogP contribution in [-0.4, -0.2) is 16.4 Å². The van der Waals surface area contributed by atoms with Gasteiger partial charge in [0.05, 0.1) is 34.2 Å². The molecule has 0 aliphatic rings. The maximum Gasteiger partial charge on any atom is 0.0849 e. The van der Waals surface area contributed by atoms with Crippen LogP contribution >= 0.6 is 0 Å². The molecule has 0 amide bonds. The van der Waals surface area contributed by atoms with Crippen LogP contribution in [0.5, 0.6) is 0 Å². The molecule has 1 aromatic heterocycles. The molecule has 0 saturated heterocycles. The maximum absolute atomic E-state index is 5.35. The number of hydrogen-bond donors (Lipinski definition) is 0. The average molecular weight is 606 g/mol. The van der Waals surface area contributed by atoms with Gasteiger partial charge in [-0.25, -0.2) is 4.98 Å². The largest absolute Gasteiger partial charge is 0.251 e. The molecule has 0 unspecified atom stereocenters. The van der Waals surface area contributed by atoms with Gasteiger partial charge >= 0.3 is 0 Å². The Morgan fingerprint density at radius 3 is 1.26 bits per heavy atom. The van der Waals surface area contributed by atoms with E-state index in [1.165, 1.54) is 11.1 Å². The number of benzene rings is 4. The van der Waals surface area contributed by atoms with E-state index in [1.54, 1.807) is 0 Å². The highest BCUT2D eigenvalue weighted by Crippen LogP contribution is 2.41. The summed E-state index contributed by atoms with van der Waals surface area (Å²) in [5.74, 6) is 0. The molecule has 0 bridgehead atoms.